The van der Waals surface area contributed by atoms with Gasteiger partial charge in [-0.15, -0.1) is 0 Å². The van der Waals surface area contributed by atoms with Crippen molar-refractivity contribution in [2.24, 2.45) is 0 Å². The van der Waals surface area contributed by atoms with Gasteiger partial charge in [0.15, 0.2) is 9.84 Å². The molecule has 7 nitrogen and oxygen atoms in total. The lowest BCUT2D eigenvalue weighted by Crippen LogP contribution is -2.28. The number of fused-ring (bicyclic) bond motifs is 1. The number of hydrogen-bond acceptors (Lipinski definition) is 4. The summed E-state index contributed by atoms with van der Waals surface area (Å²) in [6.45, 7) is 7.91. The molecule has 0 fully saturated rings. The summed E-state index contributed by atoms with van der Waals surface area (Å²) in [5.41, 5.74) is 2.95. The molecule has 0 unspecified atom stereocenters. The van der Waals surface area contributed by atoms with Crippen LogP contribution in [0.4, 0.5) is 0 Å². The summed E-state index contributed by atoms with van der Waals surface area (Å²) in [6, 6.07) is 6.86. The Morgan fingerprint density at radius 3 is 2.55 bits per heavy atom. The monoisotopic (exact) mass is 443 g/mol. The van der Waals surface area contributed by atoms with Crippen molar-refractivity contribution in [2.45, 2.75) is 58.0 Å². The number of aromatic nitrogens is 2. The number of sulfone groups is 1. The molecule has 0 saturated heterocycles. The molecule has 0 radical (unpaired) electrons. The maximum absolute atomic E-state index is 13.1. The predicted molar refractivity (Wildman–Crippen MR) is 122 cm³/mol. The summed E-state index contributed by atoms with van der Waals surface area (Å²) < 4.78 is 26.4. The maximum Gasteiger partial charge on any atom is 0.253 e. The number of hydrogen-bond donors (Lipinski definition) is 2. The Kier molecular flexibility index (Phi) is 6.40. The number of rotatable bonds is 7. The van der Waals surface area contributed by atoms with Crippen LogP contribution in [0.2, 0.25) is 0 Å². The standard InChI is InChI=1S/C23H29N3O4S/c1-6-7-16-10-15(4)25-23(28)20(16)13-24-22(27)19-11-17(31(5,29)30)12-21-18(19)8-9-26(21)14(2)3/h8-12,14H,6-7,13H2,1-5H3,(H,24,27)(H,25,28). The summed E-state index contributed by atoms with van der Waals surface area (Å²) >= 11 is 0. The highest BCUT2D eigenvalue weighted by Gasteiger charge is 2.20. The van der Waals surface area contributed by atoms with E-state index in [-0.39, 0.29) is 28.6 Å². The summed E-state index contributed by atoms with van der Waals surface area (Å²) in [6.07, 6.45) is 4.59. The lowest BCUT2D eigenvalue weighted by atomic mass is 10.0. The number of benzene rings is 1. The van der Waals surface area contributed by atoms with Gasteiger partial charge in [0.2, 0.25) is 0 Å². The Hall–Kier alpha value is -2.87. The van der Waals surface area contributed by atoms with Gasteiger partial charge >= 0.3 is 0 Å². The fourth-order valence-electron chi connectivity index (χ4n) is 3.82. The number of aryl methyl sites for hydroxylation is 2. The number of nitrogens with zero attached hydrogens (tertiary/aromatic N) is 1. The van der Waals surface area contributed by atoms with Crippen molar-refractivity contribution < 1.29 is 13.2 Å². The van der Waals surface area contributed by atoms with Crippen molar-refractivity contribution in [3.8, 4) is 0 Å². The van der Waals surface area contributed by atoms with Crippen LogP contribution >= 0.6 is 0 Å². The van der Waals surface area contributed by atoms with E-state index in [0.29, 0.717) is 16.5 Å². The zero-order valence-electron chi connectivity index (χ0n) is 18.6. The molecular weight excluding hydrogens is 414 g/mol. The van der Waals surface area contributed by atoms with Crippen LogP contribution in [0.5, 0.6) is 0 Å². The molecule has 1 aromatic carbocycles. The normalized spacial score (nSPS) is 11.9. The first-order valence-corrected chi connectivity index (χ1v) is 12.3. The van der Waals surface area contributed by atoms with Gasteiger partial charge in [-0.05, 0) is 57.0 Å². The third-order valence-electron chi connectivity index (χ3n) is 5.35. The van der Waals surface area contributed by atoms with E-state index in [2.05, 4.69) is 10.3 Å². The minimum Gasteiger partial charge on any atom is -0.348 e. The molecule has 31 heavy (non-hydrogen) atoms. The molecule has 2 heterocycles. The van der Waals surface area contributed by atoms with Crippen LogP contribution in [0.3, 0.4) is 0 Å². The molecule has 0 saturated carbocycles. The first-order chi connectivity index (χ1) is 14.5. The molecule has 0 atom stereocenters. The SMILES string of the molecule is CCCc1cc(C)[nH]c(=O)c1CNC(=O)c1cc(S(C)(=O)=O)cc2c1ccn2C(C)C. The second kappa shape index (κ2) is 8.70. The van der Waals surface area contributed by atoms with Gasteiger partial charge in [-0.3, -0.25) is 9.59 Å². The van der Waals surface area contributed by atoms with Crippen LogP contribution < -0.4 is 10.9 Å². The number of carbonyl (C=O) groups is 1. The van der Waals surface area contributed by atoms with E-state index >= 15 is 0 Å². The Morgan fingerprint density at radius 2 is 1.94 bits per heavy atom. The van der Waals surface area contributed by atoms with E-state index in [1.165, 1.54) is 6.07 Å². The van der Waals surface area contributed by atoms with E-state index in [1.807, 2.05) is 50.6 Å². The Bertz CT molecular complexity index is 1300. The van der Waals surface area contributed by atoms with Crippen LogP contribution in [0, 0.1) is 6.92 Å². The van der Waals surface area contributed by atoms with Crippen LogP contribution in [-0.2, 0) is 22.8 Å². The summed E-state index contributed by atoms with van der Waals surface area (Å²) in [5, 5.41) is 3.49. The van der Waals surface area contributed by atoms with Gasteiger partial charge in [0.25, 0.3) is 11.5 Å². The average Bonchev–Trinajstić information content (AvgIpc) is 3.10. The lowest BCUT2D eigenvalue weighted by Gasteiger charge is -2.13. The van der Waals surface area contributed by atoms with Gasteiger partial charge in [-0.1, -0.05) is 13.3 Å². The number of nitrogens with one attached hydrogen (secondary N) is 2. The van der Waals surface area contributed by atoms with Crippen LogP contribution in [0.1, 0.15) is 60.4 Å². The highest BCUT2D eigenvalue weighted by atomic mass is 32.2. The van der Waals surface area contributed by atoms with E-state index in [1.54, 1.807) is 6.07 Å². The maximum atomic E-state index is 13.1. The van der Waals surface area contributed by atoms with E-state index in [4.69, 9.17) is 0 Å². The predicted octanol–water partition coefficient (Wildman–Crippen LogP) is 3.50. The molecule has 166 valence electrons. The van der Waals surface area contributed by atoms with Crippen LogP contribution in [-0.4, -0.2) is 30.1 Å². The van der Waals surface area contributed by atoms with E-state index in [9.17, 15) is 18.0 Å². The average molecular weight is 444 g/mol. The molecule has 0 spiro atoms. The molecule has 8 heteroatoms. The van der Waals surface area contributed by atoms with Gasteiger partial charge in [0, 0.05) is 47.2 Å². The second-order valence-electron chi connectivity index (χ2n) is 8.21. The van der Waals surface area contributed by atoms with Crippen molar-refractivity contribution in [2.75, 3.05) is 6.26 Å². The number of carbonyl (C=O) groups excluding carboxylic acids is 1. The second-order valence-corrected chi connectivity index (χ2v) is 10.2. The molecule has 3 rings (SSSR count). The van der Waals surface area contributed by atoms with Crippen molar-refractivity contribution in [3.05, 3.63) is 63.2 Å². The number of amides is 1. The van der Waals surface area contributed by atoms with Crippen LogP contribution in [0.25, 0.3) is 10.9 Å². The van der Waals surface area contributed by atoms with Crippen molar-refractivity contribution in [1.82, 2.24) is 14.9 Å². The molecule has 0 aliphatic carbocycles. The highest BCUT2D eigenvalue weighted by molar-refractivity contribution is 7.90. The lowest BCUT2D eigenvalue weighted by molar-refractivity contribution is 0.0952. The van der Waals surface area contributed by atoms with Gasteiger partial charge in [0.05, 0.1) is 10.4 Å². The molecule has 0 aliphatic heterocycles. The minimum absolute atomic E-state index is 0.0687. The molecule has 0 aliphatic rings. The summed E-state index contributed by atoms with van der Waals surface area (Å²) in [5.74, 6) is -0.417. The molecular formula is C23H29N3O4S. The quantitative estimate of drug-likeness (QED) is 0.583. The van der Waals surface area contributed by atoms with Crippen molar-refractivity contribution >= 4 is 26.6 Å². The largest absolute Gasteiger partial charge is 0.348 e. The van der Waals surface area contributed by atoms with E-state index < -0.39 is 15.7 Å². The molecule has 1 amide bonds. The highest BCUT2D eigenvalue weighted by Crippen LogP contribution is 2.27. The summed E-state index contributed by atoms with van der Waals surface area (Å²) in [4.78, 5) is 28.5. The van der Waals surface area contributed by atoms with Gasteiger partial charge < -0.3 is 14.9 Å². The first kappa shape index (κ1) is 22.8. The molecule has 3 aromatic rings. The number of H-pyrrole nitrogens is 1. The number of pyridine rings is 1. The van der Waals surface area contributed by atoms with Gasteiger partial charge in [-0.2, -0.15) is 0 Å². The Labute approximate surface area is 182 Å². The number of aromatic amines is 1. The Balaban J connectivity index is 2.03. The zero-order valence-corrected chi connectivity index (χ0v) is 19.4. The topological polar surface area (TPSA) is 101 Å². The first-order valence-electron chi connectivity index (χ1n) is 10.4. The third kappa shape index (κ3) is 4.74. The molecule has 2 aromatic heterocycles. The van der Waals surface area contributed by atoms with Gasteiger partial charge in [0.1, 0.15) is 0 Å². The zero-order chi connectivity index (χ0) is 22.9. The summed E-state index contributed by atoms with van der Waals surface area (Å²) in [7, 11) is -3.51. The minimum atomic E-state index is -3.51. The van der Waals surface area contributed by atoms with Crippen molar-refractivity contribution in [1.29, 1.82) is 0 Å². The van der Waals surface area contributed by atoms with Crippen molar-refractivity contribution in [3.63, 3.8) is 0 Å². The fourth-order valence-corrected chi connectivity index (χ4v) is 4.48. The van der Waals surface area contributed by atoms with E-state index in [0.717, 1.165) is 30.4 Å². The third-order valence-corrected chi connectivity index (χ3v) is 6.44. The fraction of sp³-hybridized carbons (Fsp3) is 0.391. The molecule has 0 bridgehead atoms. The Morgan fingerprint density at radius 1 is 1.23 bits per heavy atom. The molecule has 2 N–H and O–H groups in total. The smallest absolute Gasteiger partial charge is 0.253 e. The van der Waals surface area contributed by atoms with Crippen LogP contribution in [0.15, 0.2) is 40.2 Å². The van der Waals surface area contributed by atoms with Gasteiger partial charge in [-0.25, -0.2) is 8.42 Å².